The molecule has 3 aromatic carbocycles. The molecule has 4 nitrogen and oxygen atoms in total. The van der Waals surface area contributed by atoms with Crippen LogP contribution in [0.3, 0.4) is 0 Å². The maximum Gasteiger partial charge on any atom is 0.264 e. The summed E-state index contributed by atoms with van der Waals surface area (Å²) in [5.74, 6) is -0.147. The van der Waals surface area contributed by atoms with Gasteiger partial charge in [0.05, 0.1) is 10.6 Å². The number of carbonyl (C=O) groups is 1. The number of nitrogens with one attached hydrogen (secondary N) is 1. The molecule has 0 atom stereocenters. The standard InChI is InChI=1S/C27H21Cl2N3OS/c1-16-6-5-8-23(17(16)2)30-27-31-26(33)25(34-27)12-19-15-32(24-9-4-3-7-21(19)24)14-18-10-11-20(28)13-22(18)29/h3-13,15H,14H2,1-2H3,(H,30,31,33)/b25-12-. The van der Waals surface area contributed by atoms with Crippen molar-refractivity contribution in [3.05, 3.63) is 104 Å². The molecule has 7 heteroatoms. The van der Waals surface area contributed by atoms with E-state index in [1.54, 1.807) is 6.07 Å². The van der Waals surface area contributed by atoms with Crippen LogP contribution in [0.25, 0.3) is 17.0 Å². The second-order valence-electron chi connectivity index (χ2n) is 8.17. The summed E-state index contributed by atoms with van der Waals surface area (Å²) in [4.78, 5) is 18.0. The van der Waals surface area contributed by atoms with Gasteiger partial charge in [0, 0.05) is 39.3 Å². The number of halogens is 2. The molecule has 1 saturated heterocycles. The van der Waals surface area contributed by atoms with E-state index >= 15 is 0 Å². The van der Waals surface area contributed by atoms with E-state index in [9.17, 15) is 4.79 Å². The summed E-state index contributed by atoms with van der Waals surface area (Å²) in [5.41, 5.74) is 6.13. The summed E-state index contributed by atoms with van der Waals surface area (Å²) < 4.78 is 2.14. The third kappa shape index (κ3) is 4.51. The van der Waals surface area contributed by atoms with Gasteiger partial charge in [0.15, 0.2) is 5.17 Å². The Morgan fingerprint density at radius 1 is 1.06 bits per heavy atom. The summed E-state index contributed by atoms with van der Waals surface area (Å²) in [6, 6.07) is 19.6. The Balaban J connectivity index is 1.49. The molecule has 1 aromatic heterocycles. The normalized spacial score (nSPS) is 16.1. The van der Waals surface area contributed by atoms with Gasteiger partial charge in [-0.2, -0.15) is 0 Å². The van der Waals surface area contributed by atoms with Crippen molar-refractivity contribution >= 4 is 68.7 Å². The molecule has 0 unspecified atom stereocenters. The number of rotatable bonds is 4. The van der Waals surface area contributed by atoms with E-state index in [0.717, 1.165) is 33.3 Å². The van der Waals surface area contributed by atoms with Crippen molar-refractivity contribution in [2.75, 3.05) is 0 Å². The highest BCUT2D eigenvalue weighted by molar-refractivity contribution is 8.18. The molecule has 5 rings (SSSR count). The fourth-order valence-electron chi connectivity index (χ4n) is 3.94. The topological polar surface area (TPSA) is 46.4 Å². The largest absolute Gasteiger partial charge is 0.342 e. The maximum absolute atomic E-state index is 12.7. The van der Waals surface area contributed by atoms with Crippen molar-refractivity contribution in [1.82, 2.24) is 9.88 Å². The van der Waals surface area contributed by atoms with E-state index in [2.05, 4.69) is 46.2 Å². The molecular formula is C27H21Cl2N3OS. The summed E-state index contributed by atoms with van der Waals surface area (Å²) in [5, 5.41) is 5.78. The Morgan fingerprint density at radius 3 is 2.71 bits per heavy atom. The fraction of sp³-hybridized carbons (Fsp3) is 0.111. The molecule has 0 saturated carbocycles. The highest BCUT2D eigenvalue weighted by Gasteiger charge is 2.24. The lowest BCUT2D eigenvalue weighted by atomic mass is 10.1. The second kappa shape index (κ2) is 9.34. The predicted molar refractivity (Wildman–Crippen MR) is 144 cm³/mol. The zero-order valence-electron chi connectivity index (χ0n) is 18.6. The second-order valence-corrected chi connectivity index (χ2v) is 10.0. The smallest absolute Gasteiger partial charge is 0.264 e. The highest BCUT2D eigenvalue weighted by atomic mass is 35.5. The minimum atomic E-state index is -0.147. The van der Waals surface area contributed by atoms with Crippen molar-refractivity contribution in [2.45, 2.75) is 20.4 Å². The van der Waals surface area contributed by atoms with Crippen LogP contribution in [0.2, 0.25) is 10.0 Å². The number of para-hydroxylation sites is 1. The van der Waals surface area contributed by atoms with Gasteiger partial charge >= 0.3 is 0 Å². The number of hydrogen-bond acceptors (Lipinski definition) is 3. The van der Waals surface area contributed by atoms with Gasteiger partial charge in [0.2, 0.25) is 0 Å². The lowest BCUT2D eigenvalue weighted by Gasteiger charge is -2.08. The van der Waals surface area contributed by atoms with Crippen molar-refractivity contribution < 1.29 is 4.79 Å². The molecule has 1 amide bonds. The van der Waals surface area contributed by atoms with Crippen molar-refractivity contribution in [1.29, 1.82) is 0 Å². The predicted octanol–water partition coefficient (Wildman–Crippen LogP) is 7.50. The SMILES string of the molecule is Cc1cccc(N=C2NC(=O)/C(=C/c3cn(Cc4ccc(Cl)cc4Cl)c4ccccc34)S2)c1C. The molecule has 4 aromatic rings. The summed E-state index contributed by atoms with van der Waals surface area (Å²) >= 11 is 13.8. The van der Waals surface area contributed by atoms with Gasteiger partial charge in [0.1, 0.15) is 0 Å². The Labute approximate surface area is 212 Å². The first-order chi connectivity index (χ1) is 16.4. The van der Waals surface area contributed by atoms with Crippen LogP contribution >= 0.6 is 35.0 Å². The zero-order valence-corrected chi connectivity index (χ0v) is 20.9. The number of aliphatic imine (C=N–C) groups is 1. The number of thioether (sulfide) groups is 1. The molecular weight excluding hydrogens is 485 g/mol. The number of aryl methyl sites for hydroxylation is 1. The van der Waals surface area contributed by atoms with Crippen molar-refractivity contribution in [3.8, 4) is 0 Å². The summed E-state index contributed by atoms with van der Waals surface area (Å²) in [6.07, 6.45) is 3.98. The Bertz CT molecular complexity index is 1500. The summed E-state index contributed by atoms with van der Waals surface area (Å²) in [7, 11) is 0. The molecule has 0 spiro atoms. The Kier molecular flexibility index (Phi) is 6.26. The molecule has 0 aliphatic carbocycles. The lowest BCUT2D eigenvalue weighted by molar-refractivity contribution is -0.115. The van der Waals surface area contributed by atoms with Crippen LogP contribution in [0.5, 0.6) is 0 Å². The molecule has 2 heterocycles. The first-order valence-corrected chi connectivity index (χ1v) is 12.3. The third-order valence-electron chi connectivity index (χ3n) is 5.91. The van der Waals surface area contributed by atoms with Crippen LogP contribution in [-0.4, -0.2) is 15.6 Å². The first-order valence-electron chi connectivity index (χ1n) is 10.8. The molecule has 1 N–H and O–H groups in total. The maximum atomic E-state index is 12.7. The van der Waals surface area contributed by atoms with Crippen LogP contribution in [0.4, 0.5) is 5.69 Å². The molecule has 170 valence electrons. The highest BCUT2D eigenvalue weighted by Crippen LogP contribution is 2.33. The van der Waals surface area contributed by atoms with Gasteiger partial charge in [-0.15, -0.1) is 0 Å². The van der Waals surface area contributed by atoms with Gasteiger partial charge < -0.3 is 9.88 Å². The molecule has 0 radical (unpaired) electrons. The quantitative estimate of drug-likeness (QED) is 0.291. The van der Waals surface area contributed by atoms with Gasteiger partial charge in [-0.3, -0.25) is 4.79 Å². The van der Waals surface area contributed by atoms with Crippen molar-refractivity contribution in [2.24, 2.45) is 4.99 Å². The van der Waals surface area contributed by atoms with E-state index in [1.165, 1.54) is 17.3 Å². The number of amidine groups is 1. The third-order valence-corrected chi connectivity index (χ3v) is 7.41. The van der Waals surface area contributed by atoms with Gasteiger partial charge in [-0.05, 0) is 72.6 Å². The van der Waals surface area contributed by atoms with E-state index in [0.29, 0.717) is 26.7 Å². The van der Waals surface area contributed by atoms with Crippen LogP contribution in [-0.2, 0) is 11.3 Å². The average Bonchev–Trinajstić information content (AvgIpc) is 3.33. The molecule has 1 aliphatic rings. The number of amides is 1. The van der Waals surface area contributed by atoms with E-state index in [1.807, 2.05) is 49.4 Å². The molecule has 1 aliphatic heterocycles. The van der Waals surface area contributed by atoms with Crippen LogP contribution in [0.1, 0.15) is 22.3 Å². The molecule has 0 bridgehead atoms. The Morgan fingerprint density at radius 2 is 1.88 bits per heavy atom. The van der Waals surface area contributed by atoms with Gasteiger partial charge in [-0.1, -0.05) is 59.6 Å². The number of hydrogen-bond donors (Lipinski definition) is 1. The van der Waals surface area contributed by atoms with Crippen LogP contribution < -0.4 is 5.32 Å². The number of carbonyl (C=O) groups excluding carboxylic acids is 1. The first kappa shape index (κ1) is 22.8. The number of benzene rings is 3. The Hall–Kier alpha value is -2.99. The van der Waals surface area contributed by atoms with Crippen molar-refractivity contribution in [3.63, 3.8) is 0 Å². The van der Waals surface area contributed by atoms with Crippen LogP contribution in [0.15, 0.2) is 76.8 Å². The van der Waals surface area contributed by atoms with Gasteiger partial charge in [-0.25, -0.2) is 4.99 Å². The van der Waals surface area contributed by atoms with Crippen LogP contribution in [0, 0.1) is 13.8 Å². The molecule has 1 fully saturated rings. The number of aromatic nitrogens is 1. The minimum Gasteiger partial charge on any atom is -0.342 e. The number of fused-ring (bicyclic) bond motifs is 1. The van der Waals surface area contributed by atoms with E-state index in [4.69, 9.17) is 23.2 Å². The summed E-state index contributed by atoms with van der Waals surface area (Å²) in [6.45, 7) is 4.69. The zero-order chi connectivity index (χ0) is 23.8. The van der Waals surface area contributed by atoms with E-state index < -0.39 is 0 Å². The van der Waals surface area contributed by atoms with Gasteiger partial charge in [0.25, 0.3) is 5.91 Å². The average molecular weight is 506 g/mol. The minimum absolute atomic E-state index is 0.147. The number of nitrogens with zero attached hydrogens (tertiary/aromatic N) is 2. The monoisotopic (exact) mass is 505 g/mol. The molecule has 34 heavy (non-hydrogen) atoms. The van der Waals surface area contributed by atoms with E-state index in [-0.39, 0.29) is 5.91 Å². The lowest BCUT2D eigenvalue weighted by Crippen LogP contribution is -2.19. The fourth-order valence-corrected chi connectivity index (χ4v) is 5.24.